The fraction of sp³-hybridized carbons (Fsp3) is 0.250. The monoisotopic (exact) mass is 464 g/mol. The maximum atomic E-state index is 13.2. The average Bonchev–Trinajstić information content (AvgIpc) is 3.47. The van der Waals surface area contributed by atoms with Crippen LogP contribution in [0.15, 0.2) is 77.8 Å². The molecule has 8 heteroatoms. The van der Waals surface area contributed by atoms with Gasteiger partial charge in [-0.25, -0.2) is 18.4 Å². The quantitative estimate of drug-likeness (QED) is 0.390. The molecule has 0 aliphatic carbocycles. The molecule has 2 aromatic carbocycles. The number of nitrogens with zero attached hydrogens (tertiary/aromatic N) is 4. The molecule has 2 aromatic heterocycles. The molecule has 0 amide bonds. The summed E-state index contributed by atoms with van der Waals surface area (Å²) in [6.45, 7) is 3.06. The van der Waals surface area contributed by atoms with Gasteiger partial charge in [-0.3, -0.25) is 4.31 Å². The van der Waals surface area contributed by atoms with Gasteiger partial charge in [0.1, 0.15) is 15.7 Å². The number of anilines is 2. The lowest BCUT2D eigenvalue weighted by atomic mass is 10.2. The van der Waals surface area contributed by atoms with E-state index in [9.17, 15) is 8.42 Å². The van der Waals surface area contributed by atoms with Crippen molar-refractivity contribution in [2.45, 2.75) is 30.7 Å². The number of para-hydroxylation sites is 2. The lowest BCUT2D eigenvalue weighted by Gasteiger charge is -2.25. The smallest absolute Gasteiger partial charge is 0.265 e. The second kappa shape index (κ2) is 8.52. The van der Waals surface area contributed by atoms with Crippen molar-refractivity contribution in [3.05, 3.63) is 77.9 Å². The number of aromatic nitrogens is 2. The summed E-state index contributed by atoms with van der Waals surface area (Å²) in [6, 6.07) is 21.0. The van der Waals surface area contributed by atoms with Crippen LogP contribution in [0.1, 0.15) is 30.8 Å². The summed E-state index contributed by atoms with van der Waals surface area (Å²) in [5.41, 5.74) is 1.67. The molecule has 6 nitrogen and oxygen atoms in total. The Kier molecular flexibility index (Phi) is 5.57. The fourth-order valence-electron chi connectivity index (χ4n) is 4.24. The van der Waals surface area contributed by atoms with Crippen LogP contribution in [0.25, 0.3) is 10.2 Å². The van der Waals surface area contributed by atoms with E-state index in [0.29, 0.717) is 12.2 Å². The Hall–Kier alpha value is -2.97. The van der Waals surface area contributed by atoms with Gasteiger partial charge in [-0.15, -0.1) is 11.3 Å². The molecule has 0 bridgehead atoms. The Morgan fingerprint density at radius 1 is 1.06 bits per heavy atom. The number of hydrogen-bond acceptors (Lipinski definition) is 6. The van der Waals surface area contributed by atoms with E-state index in [1.165, 1.54) is 15.2 Å². The summed E-state index contributed by atoms with van der Waals surface area (Å²) < 4.78 is 29.1. The van der Waals surface area contributed by atoms with E-state index in [4.69, 9.17) is 4.98 Å². The SMILES string of the molecule is CCN(c1ccccc1)S(=O)(=O)c1ccc(N2CCC[C@H]2c2nc3ccccc3s2)nc1. The topological polar surface area (TPSA) is 66.4 Å². The second-order valence-corrected chi connectivity index (χ2v) is 10.7. The van der Waals surface area contributed by atoms with Gasteiger partial charge in [0.25, 0.3) is 10.0 Å². The van der Waals surface area contributed by atoms with E-state index in [0.717, 1.165) is 35.7 Å². The summed E-state index contributed by atoms with van der Waals surface area (Å²) in [5, 5.41) is 1.09. The van der Waals surface area contributed by atoms with Crippen LogP contribution < -0.4 is 9.21 Å². The van der Waals surface area contributed by atoms with Gasteiger partial charge in [0.05, 0.1) is 21.9 Å². The predicted octanol–water partition coefficient (Wildman–Crippen LogP) is 5.25. The van der Waals surface area contributed by atoms with Gasteiger partial charge in [-0.1, -0.05) is 30.3 Å². The van der Waals surface area contributed by atoms with E-state index in [2.05, 4.69) is 16.0 Å². The van der Waals surface area contributed by atoms with Crippen molar-refractivity contribution in [3.8, 4) is 0 Å². The van der Waals surface area contributed by atoms with Gasteiger partial charge in [0.2, 0.25) is 0 Å². The normalized spacial score (nSPS) is 16.5. The van der Waals surface area contributed by atoms with Gasteiger partial charge >= 0.3 is 0 Å². The van der Waals surface area contributed by atoms with Crippen molar-refractivity contribution < 1.29 is 8.42 Å². The number of pyridine rings is 1. The number of hydrogen-bond donors (Lipinski definition) is 0. The van der Waals surface area contributed by atoms with Crippen molar-refractivity contribution in [3.63, 3.8) is 0 Å². The lowest BCUT2D eigenvalue weighted by Crippen LogP contribution is -2.31. The van der Waals surface area contributed by atoms with E-state index >= 15 is 0 Å². The first kappa shape index (κ1) is 20.9. The predicted molar refractivity (Wildman–Crippen MR) is 130 cm³/mol. The number of thiazole rings is 1. The van der Waals surface area contributed by atoms with E-state index in [1.54, 1.807) is 29.5 Å². The first-order chi connectivity index (χ1) is 15.6. The molecule has 1 aliphatic heterocycles. The molecule has 4 aromatic rings. The molecule has 1 atom stereocenters. The highest BCUT2D eigenvalue weighted by Crippen LogP contribution is 2.38. The summed E-state index contributed by atoms with van der Waals surface area (Å²) in [6.07, 6.45) is 3.54. The minimum atomic E-state index is -3.69. The minimum Gasteiger partial charge on any atom is -0.347 e. The molecule has 0 unspecified atom stereocenters. The Labute approximate surface area is 192 Å². The Morgan fingerprint density at radius 2 is 1.84 bits per heavy atom. The van der Waals surface area contributed by atoms with Gasteiger partial charge < -0.3 is 4.90 Å². The van der Waals surface area contributed by atoms with Gasteiger partial charge in [0.15, 0.2) is 0 Å². The average molecular weight is 465 g/mol. The van der Waals surface area contributed by atoms with Crippen molar-refractivity contribution in [2.24, 2.45) is 0 Å². The lowest BCUT2D eigenvalue weighted by molar-refractivity contribution is 0.591. The summed E-state index contributed by atoms with van der Waals surface area (Å²) in [4.78, 5) is 11.8. The molecule has 3 heterocycles. The van der Waals surface area contributed by atoms with Crippen LogP contribution in [0, 0.1) is 0 Å². The minimum absolute atomic E-state index is 0.166. The first-order valence-electron chi connectivity index (χ1n) is 10.7. The molecular weight excluding hydrogens is 440 g/mol. The van der Waals surface area contributed by atoms with Crippen molar-refractivity contribution >= 4 is 43.1 Å². The van der Waals surface area contributed by atoms with Crippen LogP contribution >= 0.6 is 11.3 Å². The highest BCUT2D eigenvalue weighted by atomic mass is 32.2. The Bertz CT molecular complexity index is 1290. The van der Waals surface area contributed by atoms with Crippen molar-refractivity contribution in [2.75, 3.05) is 22.3 Å². The molecule has 0 radical (unpaired) electrons. The maximum absolute atomic E-state index is 13.2. The first-order valence-corrected chi connectivity index (χ1v) is 13.0. The summed E-state index contributed by atoms with van der Waals surface area (Å²) in [7, 11) is -3.69. The number of sulfonamides is 1. The molecule has 0 saturated carbocycles. The van der Waals surface area contributed by atoms with Crippen LogP contribution in [-0.2, 0) is 10.0 Å². The number of rotatable bonds is 6. The number of fused-ring (bicyclic) bond motifs is 1. The van der Waals surface area contributed by atoms with Crippen molar-refractivity contribution in [1.29, 1.82) is 0 Å². The molecule has 164 valence electrons. The van der Waals surface area contributed by atoms with Crippen molar-refractivity contribution in [1.82, 2.24) is 9.97 Å². The third kappa shape index (κ3) is 3.73. The maximum Gasteiger partial charge on any atom is 0.265 e. The fourth-order valence-corrected chi connectivity index (χ4v) is 6.77. The van der Waals surface area contributed by atoms with Gasteiger partial charge in [-0.2, -0.15) is 0 Å². The van der Waals surface area contributed by atoms with Gasteiger partial charge in [-0.05, 0) is 56.2 Å². The zero-order valence-corrected chi connectivity index (χ0v) is 19.4. The zero-order valence-electron chi connectivity index (χ0n) is 17.8. The Balaban J connectivity index is 1.42. The summed E-state index contributed by atoms with van der Waals surface area (Å²) in [5.74, 6) is 0.786. The second-order valence-electron chi connectivity index (χ2n) is 7.73. The van der Waals surface area contributed by atoms with Crippen LogP contribution in [0.2, 0.25) is 0 Å². The molecule has 32 heavy (non-hydrogen) atoms. The molecule has 5 rings (SSSR count). The van der Waals surface area contributed by atoms with Gasteiger partial charge in [0, 0.05) is 19.3 Å². The molecule has 0 spiro atoms. The zero-order chi connectivity index (χ0) is 22.1. The number of benzene rings is 2. The highest BCUT2D eigenvalue weighted by molar-refractivity contribution is 7.92. The van der Waals surface area contributed by atoms with E-state index in [1.807, 2.05) is 49.4 Å². The molecule has 1 saturated heterocycles. The van der Waals surface area contributed by atoms with E-state index in [-0.39, 0.29) is 10.9 Å². The standard InChI is InChI=1S/C24H24N4O2S2/c1-2-28(18-9-4-3-5-10-18)32(29,30)19-14-15-23(25-17-19)27-16-8-12-21(27)24-26-20-11-6-7-13-22(20)31-24/h3-7,9-11,13-15,17,21H,2,8,12,16H2,1H3/t21-/m0/s1. The van der Waals surface area contributed by atoms with Crippen LogP contribution in [0.5, 0.6) is 0 Å². The molecular formula is C24H24N4O2S2. The molecule has 1 fully saturated rings. The third-order valence-corrected chi connectivity index (χ3v) is 8.81. The summed E-state index contributed by atoms with van der Waals surface area (Å²) >= 11 is 1.72. The highest BCUT2D eigenvalue weighted by Gasteiger charge is 2.30. The third-order valence-electron chi connectivity index (χ3n) is 5.78. The van der Waals surface area contributed by atoms with Crippen LogP contribution in [-0.4, -0.2) is 31.5 Å². The Morgan fingerprint density at radius 3 is 2.56 bits per heavy atom. The van der Waals surface area contributed by atoms with Crippen LogP contribution in [0.4, 0.5) is 11.5 Å². The largest absolute Gasteiger partial charge is 0.347 e. The van der Waals surface area contributed by atoms with Crippen LogP contribution in [0.3, 0.4) is 0 Å². The van der Waals surface area contributed by atoms with E-state index < -0.39 is 10.0 Å². The molecule has 1 aliphatic rings. The molecule has 0 N–H and O–H groups in total.